The van der Waals surface area contributed by atoms with E-state index in [0.29, 0.717) is 24.4 Å². The number of ether oxygens (including phenoxy) is 2. The number of aromatic nitrogens is 3. The van der Waals surface area contributed by atoms with Gasteiger partial charge in [0.25, 0.3) is 0 Å². The minimum atomic E-state index is -4.37. The monoisotopic (exact) mass is 418 g/mol. The molecular formula is C21H21F3N4O2. The summed E-state index contributed by atoms with van der Waals surface area (Å²) < 4.78 is 51.3. The fourth-order valence-electron chi connectivity index (χ4n) is 3.44. The molecule has 0 radical (unpaired) electrons. The van der Waals surface area contributed by atoms with Crippen molar-refractivity contribution in [3.05, 3.63) is 77.1 Å². The molecule has 0 N–H and O–H groups in total. The number of alkyl halides is 3. The van der Waals surface area contributed by atoms with Gasteiger partial charge in [0.1, 0.15) is 11.4 Å². The molecule has 1 aliphatic rings. The van der Waals surface area contributed by atoms with Gasteiger partial charge in [-0.15, -0.1) is 5.10 Å². The number of halogens is 3. The molecule has 0 saturated carbocycles. The molecule has 1 saturated heterocycles. The van der Waals surface area contributed by atoms with Crippen LogP contribution in [-0.4, -0.2) is 40.2 Å². The van der Waals surface area contributed by atoms with Gasteiger partial charge >= 0.3 is 6.18 Å². The van der Waals surface area contributed by atoms with E-state index in [9.17, 15) is 13.2 Å². The molecule has 1 fully saturated rings. The number of nitrogens with zero attached hydrogens (tertiary/aromatic N) is 4. The second kappa shape index (κ2) is 8.45. The maximum Gasteiger partial charge on any atom is 0.416 e. The molecule has 9 heteroatoms. The molecule has 158 valence electrons. The number of hydrogen-bond donors (Lipinski definition) is 0. The van der Waals surface area contributed by atoms with Crippen molar-refractivity contribution in [3.8, 4) is 5.75 Å². The molecule has 1 atom stereocenters. The zero-order valence-electron chi connectivity index (χ0n) is 16.3. The molecule has 1 aromatic heterocycles. The van der Waals surface area contributed by atoms with Crippen molar-refractivity contribution in [2.45, 2.75) is 25.5 Å². The number of hydrogen-bond acceptors (Lipinski definition) is 5. The number of benzene rings is 2. The maximum absolute atomic E-state index is 12.9. The van der Waals surface area contributed by atoms with Crippen molar-refractivity contribution in [2.24, 2.45) is 0 Å². The molecule has 0 amide bonds. The van der Waals surface area contributed by atoms with Gasteiger partial charge < -0.3 is 9.47 Å². The highest BCUT2D eigenvalue weighted by Crippen LogP contribution is 2.30. The van der Waals surface area contributed by atoms with E-state index in [2.05, 4.69) is 15.2 Å². The van der Waals surface area contributed by atoms with Crippen molar-refractivity contribution < 1.29 is 22.6 Å². The highest BCUT2D eigenvalue weighted by atomic mass is 19.4. The molecule has 0 spiro atoms. The first-order valence-electron chi connectivity index (χ1n) is 9.47. The van der Waals surface area contributed by atoms with Crippen molar-refractivity contribution in [3.63, 3.8) is 0 Å². The normalized spacial score (nSPS) is 17.4. The minimum Gasteiger partial charge on any atom is -0.497 e. The third-order valence-electron chi connectivity index (χ3n) is 4.94. The summed E-state index contributed by atoms with van der Waals surface area (Å²) in [5.74, 6) is 0.797. The van der Waals surface area contributed by atoms with Crippen LogP contribution < -0.4 is 4.74 Å². The summed E-state index contributed by atoms with van der Waals surface area (Å²) in [6, 6.07) is 13.0. The number of rotatable bonds is 6. The lowest BCUT2D eigenvalue weighted by Gasteiger charge is -2.21. The van der Waals surface area contributed by atoms with E-state index < -0.39 is 11.7 Å². The lowest BCUT2D eigenvalue weighted by atomic mass is 10.1. The molecule has 0 bridgehead atoms. The Morgan fingerprint density at radius 2 is 1.90 bits per heavy atom. The zero-order chi connectivity index (χ0) is 21.1. The predicted molar refractivity (Wildman–Crippen MR) is 103 cm³/mol. The average Bonchev–Trinajstić information content (AvgIpc) is 3.37. The Kier molecular flexibility index (Phi) is 5.74. The van der Waals surface area contributed by atoms with Crippen LogP contribution >= 0.6 is 0 Å². The standard InChI is InChI=1S/C21H21F3N4O2/c1-29-18-7-5-15(6-8-18)12-27-9-10-30-20(27)19-14-28(26-25-19)13-16-3-2-4-17(11-16)21(22,23)24/h2-8,11,14,20H,9-10,12-13H2,1H3/t20-/m1/s1. The Bertz CT molecular complexity index is 988. The molecule has 2 heterocycles. The Balaban J connectivity index is 1.45. The van der Waals surface area contributed by atoms with E-state index in [1.807, 2.05) is 24.3 Å². The smallest absolute Gasteiger partial charge is 0.416 e. The summed E-state index contributed by atoms with van der Waals surface area (Å²) in [6.45, 7) is 2.19. The van der Waals surface area contributed by atoms with Gasteiger partial charge in [0.15, 0.2) is 6.23 Å². The summed E-state index contributed by atoms with van der Waals surface area (Å²) in [7, 11) is 1.63. The Morgan fingerprint density at radius 3 is 2.63 bits per heavy atom. The van der Waals surface area contributed by atoms with Crippen LogP contribution in [-0.2, 0) is 24.0 Å². The lowest BCUT2D eigenvalue weighted by molar-refractivity contribution is -0.137. The fraction of sp³-hybridized carbons (Fsp3) is 0.333. The van der Waals surface area contributed by atoms with Gasteiger partial charge in [-0.2, -0.15) is 13.2 Å². The van der Waals surface area contributed by atoms with Crippen molar-refractivity contribution in [1.82, 2.24) is 19.9 Å². The van der Waals surface area contributed by atoms with Crippen LogP contribution in [0.15, 0.2) is 54.7 Å². The zero-order valence-corrected chi connectivity index (χ0v) is 16.3. The third kappa shape index (κ3) is 4.63. The summed E-state index contributed by atoms with van der Waals surface area (Å²) in [5.41, 5.74) is 1.57. The van der Waals surface area contributed by atoms with E-state index >= 15 is 0 Å². The van der Waals surface area contributed by atoms with E-state index in [1.54, 1.807) is 19.4 Å². The fourth-order valence-corrected chi connectivity index (χ4v) is 3.44. The summed E-state index contributed by atoms with van der Waals surface area (Å²) in [4.78, 5) is 2.14. The van der Waals surface area contributed by atoms with Gasteiger partial charge in [0.2, 0.25) is 0 Å². The lowest BCUT2D eigenvalue weighted by Crippen LogP contribution is -2.23. The van der Waals surface area contributed by atoms with Crippen LogP contribution in [0.25, 0.3) is 0 Å². The SMILES string of the molecule is COc1ccc(CN2CCO[C@@H]2c2cn(Cc3cccc(C(F)(F)F)c3)nn2)cc1. The van der Waals surface area contributed by atoms with E-state index in [1.165, 1.54) is 10.7 Å². The molecule has 4 rings (SSSR count). The van der Waals surface area contributed by atoms with Crippen LogP contribution in [0.1, 0.15) is 28.6 Å². The molecule has 2 aromatic carbocycles. The predicted octanol–water partition coefficient (Wildman–Crippen LogP) is 3.88. The molecule has 3 aromatic rings. The highest BCUT2D eigenvalue weighted by molar-refractivity contribution is 5.27. The maximum atomic E-state index is 12.9. The summed E-state index contributed by atoms with van der Waals surface area (Å²) in [5, 5.41) is 8.26. The van der Waals surface area contributed by atoms with Gasteiger partial charge in [0.05, 0.1) is 32.0 Å². The molecular weight excluding hydrogens is 397 g/mol. The first kappa shape index (κ1) is 20.4. The molecule has 30 heavy (non-hydrogen) atoms. The van der Waals surface area contributed by atoms with Crippen molar-refractivity contribution in [1.29, 1.82) is 0 Å². The Morgan fingerprint density at radius 1 is 1.10 bits per heavy atom. The summed E-state index contributed by atoms with van der Waals surface area (Å²) >= 11 is 0. The van der Waals surface area contributed by atoms with Crippen molar-refractivity contribution >= 4 is 0 Å². The molecule has 0 unspecified atom stereocenters. The molecule has 0 aliphatic carbocycles. The van der Waals surface area contributed by atoms with Gasteiger partial charge in [-0.25, -0.2) is 4.68 Å². The third-order valence-corrected chi connectivity index (χ3v) is 4.94. The van der Waals surface area contributed by atoms with E-state index in [-0.39, 0.29) is 12.8 Å². The van der Waals surface area contributed by atoms with E-state index in [4.69, 9.17) is 9.47 Å². The second-order valence-corrected chi connectivity index (χ2v) is 7.08. The van der Waals surface area contributed by atoms with Gasteiger partial charge in [-0.05, 0) is 35.4 Å². The molecule has 1 aliphatic heterocycles. The first-order chi connectivity index (χ1) is 14.4. The molecule has 6 nitrogen and oxygen atoms in total. The van der Waals surface area contributed by atoms with Crippen LogP contribution in [0.5, 0.6) is 5.75 Å². The Hall–Kier alpha value is -2.91. The largest absolute Gasteiger partial charge is 0.497 e. The average molecular weight is 418 g/mol. The topological polar surface area (TPSA) is 52.4 Å². The van der Waals surface area contributed by atoms with Gasteiger partial charge in [0, 0.05) is 13.1 Å². The minimum absolute atomic E-state index is 0.197. The van der Waals surface area contributed by atoms with Crippen LogP contribution in [0, 0.1) is 0 Å². The number of methoxy groups -OCH3 is 1. The second-order valence-electron chi connectivity index (χ2n) is 7.08. The van der Waals surface area contributed by atoms with Crippen LogP contribution in [0.3, 0.4) is 0 Å². The van der Waals surface area contributed by atoms with Gasteiger partial charge in [-0.3, -0.25) is 4.90 Å². The van der Waals surface area contributed by atoms with Crippen molar-refractivity contribution in [2.75, 3.05) is 20.3 Å². The quantitative estimate of drug-likeness (QED) is 0.608. The van der Waals surface area contributed by atoms with Crippen LogP contribution in [0.2, 0.25) is 0 Å². The van der Waals surface area contributed by atoms with Gasteiger partial charge in [-0.1, -0.05) is 29.5 Å². The highest BCUT2D eigenvalue weighted by Gasteiger charge is 2.31. The van der Waals surface area contributed by atoms with E-state index in [0.717, 1.165) is 30.0 Å². The Labute approximate surface area is 171 Å². The van der Waals surface area contributed by atoms with Crippen LogP contribution in [0.4, 0.5) is 13.2 Å². The summed E-state index contributed by atoms with van der Waals surface area (Å²) in [6.07, 6.45) is -3.00. The first-order valence-corrected chi connectivity index (χ1v) is 9.47.